The first-order valence-electron chi connectivity index (χ1n) is 8.67. The van der Waals surface area contributed by atoms with Gasteiger partial charge in [0.2, 0.25) is 0 Å². The molecule has 2 aromatic heterocycles. The summed E-state index contributed by atoms with van der Waals surface area (Å²) in [4.78, 5) is 24.7. The third kappa shape index (κ3) is 3.85. The minimum absolute atomic E-state index is 0.0177. The molecule has 0 radical (unpaired) electrons. The minimum Gasteiger partial charge on any atom is -0.462 e. The highest BCUT2D eigenvalue weighted by Gasteiger charge is 2.31. The second-order valence-corrected chi connectivity index (χ2v) is 7.02. The number of esters is 1. The monoisotopic (exact) mass is 435 g/mol. The Kier molecular flexibility index (Phi) is 5.16. The zero-order valence-electron chi connectivity index (χ0n) is 15.1. The Hall–Kier alpha value is -3.41. The van der Waals surface area contributed by atoms with Crippen LogP contribution in [0.2, 0.25) is 0 Å². The number of rotatable bonds is 5. The average Bonchev–Trinajstić information content (AvgIpc) is 3.20. The number of hydrogen-bond acceptors (Lipinski definition) is 8. The van der Waals surface area contributed by atoms with Gasteiger partial charge in [-0.3, -0.25) is 4.79 Å². The number of benzene rings is 2. The SMILES string of the molecule is O=C(OCCCn1nnc2ccc(C(F)(F)F)cc2c1=O)c1cccc2nnsc12. The lowest BCUT2D eigenvalue weighted by atomic mass is 10.1. The normalized spacial score (nSPS) is 11.8. The van der Waals surface area contributed by atoms with E-state index in [1.165, 1.54) is 0 Å². The van der Waals surface area contributed by atoms with Crippen molar-refractivity contribution in [1.29, 1.82) is 0 Å². The third-order valence-corrected chi connectivity index (χ3v) is 5.07. The van der Waals surface area contributed by atoms with Crippen LogP contribution in [0.25, 0.3) is 21.1 Å². The highest BCUT2D eigenvalue weighted by atomic mass is 32.1. The van der Waals surface area contributed by atoms with Crippen LogP contribution < -0.4 is 5.56 Å². The van der Waals surface area contributed by atoms with E-state index in [1.54, 1.807) is 18.2 Å². The molecule has 0 amide bonds. The van der Waals surface area contributed by atoms with Gasteiger partial charge in [-0.1, -0.05) is 15.8 Å². The number of hydrogen-bond donors (Lipinski definition) is 0. The standard InChI is InChI=1S/C18H12F3N5O3S/c19-18(20,21)10-5-6-13-12(9-10)16(27)26(24-22-13)7-2-8-29-17(28)11-3-1-4-14-15(11)30-25-23-14/h1,3-6,9H,2,7-8H2. The zero-order chi connectivity index (χ0) is 21.3. The van der Waals surface area contributed by atoms with Crippen LogP contribution >= 0.6 is 11.5 Å². The molecule has 0 saturated heterocycles. The molecule has 4 rings (SSSR count). The molecule has 0 aliphatic rings. The molecule has 30 heavy (non-hydrogen) atoms. The Labute approximate surface area is 170 Å². The van der Waals surface area contributed by atoms with Gasteiger partial charge in [0.15, 0.2) is 0 Å². The molecule has 154 valence electrons. The summed E-state index contributed by atoms with van der Waals surface area (Å²) in [7, 11) is 0. The molecular weight excluding hydrogens is 423 g/mol. The van der Waals surface area contributed by atoms with Crippen molar-refractivity contribution >= 4 is 38.6 Å². The van der Waals surface area contributed by atoms with Crippen molar-refractivity contribution in [3.05, 3.63) is 57.9 Å². The Morgan fingerprint density at radius 1 is 1.13 bits per heavy atom. The van der Waals surface area contributed by atoms with Crippen LogP contribution in [0.15, 0.2) is 41.2 Å². The summed E-state index contributed by atoms with van der Waals surface area (Å²) in [5, 5.41) is 11.2. The molecule has 0 spiro atoms. The van der Waals surface area contributed by atoms with E-state index in [2.05, 4.69) is 19.9 Å². The van der Waals surface area contributed by atoms with E-state index in [1.807, 2.05) is 0 Å². The molecule has 0 saturated carbocycles. The number of alkyl halides is 3. The van der Waals surface area contributed by atoms with E-state index in [0.717, 1.165) is 34.4 Å². The van der Waals surface area contributed by atoms with Gasteiger partial charge in [0, 0.05) is 13.0 Å². The van der Waals surface area contributed by atoms with E-state index in [-0.39, 0.29) is 30.5 Å². The first kappa shape index (κ1) is 19.9. The summed E-state index contributed by atoms with van der Waals surface area (Å²) in [5.74, 6) is -0.557. The lowest BCUT2D eigenvalue weighted by Crippen LogP contribution is -2.25. The average molecular weight is 435 g/mol. The topological polar surface area (TPSA) is 99.9 Å². The van der Waals surface area contributed by atoms with E-state index in [4.69, 9.17) is 4.74 Å². The molecule has 2 aromatic carbocycles. The van der Waals surface area contributed by atoms with Gasteiger partial charge in [-0.05, 0) is 41.9 Å². The van der Waals surface area contributed by atoms with Crippen molar-refractivity contribution in [2.24, 2.45) is 0 Å². The lowest BCUT2D eigenvalue weighted by Gasteiger charge is -2.09. The maximum absolute atomic E-state index is 12.9. The number of carbonyl (C=O) groups is 1. The fourth-order valence-electron chi connectivity index (χ4n) is 2.82. The van der Waals surface area contributed by atoms with Crippen molar-refractivity contribution in [3.8, 4) is 0 Å². The van der Waals surface area contributed by atoms with E-state index >= 15 is 0 Å². The summed E-state index contributed by atoms with van der Waals surface area (Å²) < 4.78 is 49.2. The first-order valence-corrected chi connectivity index (χ1v) is 9.45. The molecule has 2 heterocycles. The molecule has 0 atom stereocenters. The molecule has 12 heteroatoms. The Morgan fingerprint density at radius 2 is 1.97 bits per heavy atom. The highest BCUT2D eigenvalue weighted by molar-refractivity contribution is 7.13. The van der Waals surface area contributed by atoms with Gasteiger partial charge in [0.05, 0.1) is 27.8 Å². The van der Waals surface area contributed by atoms with E-state index in [9.17, 15) is 22.8 Å². The van der Waals surface area contributed by atoms with Crippen LogP contribution in [0.1, 0.15) is 22.3 Å². The van der Waals surface area contributed by atoms with Gasteiger partial charge in [0.25, 0.3) is 5.56 Å². The van der Waals surface area contributed by atoms with Crippen molar-refractivity contribution < 1.29 is 22.7 Å². The fraction of sp³-hybridized carbons (Fsp3) is 0.222. The predicted molar refractivity (Wildman–Crippen MR) is 101 cm³/mol. The van der Waals surface area contributed by atoms with Crippen LogP contribution in [0.5, 0.6) is 0 Å². The third-order valence-electron chi connectivity index (χ3n) is 4.29. The second kappa shape index (κ2) is 7.78. The molecule has 0 unspecified atom stereocenters. The fourth-order valence-corrected chi connectivity index (χ4v) is 3.48. The Bertz CT molecular complexity index is 1300. The Balaban J connectivity index is 1.44. The zero-order valence-corrected chi connectivity index (χ0v) is 15.9. The molecule has 0 aliphatic heterocycles. The van der Waals surface area contributed by atoms with Crippen LogP contribution in [0.3, 0.4) is 0 Å². The van der Waals surface area contributed by atoms with E-state index < -0.39 is 23.3 Å². The van der Waals surface area contributed by atoms with Gasteiger partial charge < -0.3 is 4.74 Å². The van der Waals surface area contributed by atoms with Crippen LogP contribution in [0.4, 0.5) is 13.2 Å². The minimum atomic E-state index is -4.57. The van der Waals surface area contributed by atoms with E-state index in [0.29, 0.717) is 15.8 Å². The van der Waals surface area contributed by atoms with Gasteiger partial charge >= 0.3 is 12.1 Å². The van der Waals surface area contributed by atoms with Gasteiger partial charge in [-0.15, -0.1) is 10.2 Å². The Morgan fingerprint density at radius 3 is 2.77 bits per heavy atom. The second-order valence-electron chi connectivity index (χ2n) is 6.26. The summed E-state index contributed by atoms with van der Waals surface area (Å²) >= 11 is 1.08. The number of ether oxygens (including phenoxy) is 1. The molecule has 0 fully saturated rings. The number of aromatic nitrogens is 5. The molecule has 8 nitrogen and oxygen atoms in total. The molecular formula is C18H12F3N5O3S. The smallest absolute Gasteiger partial charge is 0.416 e. The van der Waals surface area contributed by atoms with Crippen molar-refractivity contribution in [3.63, 3.8) is 0 Å². The van der Waals surface area contributed by atoms with Crippen molar-refractivity contribution in [2.45, 2.75) is 19.1 Å². The maximum atomic E-state index is 12.9. The van der Waals surface area contributed by atoms with Crippen LogP contribution in [-0.4, -0.2) is 37.2 Å². The summed E-state index contributed by atoms with van der Waals surface area (Å²) in [6.07, 6.45) is -4.35. The number of halogens is 3. The number of aryl methyl sites for hydroxylation is 1. The maximum Gasteiger partial charge on any atom is 0.416 e. The molecule has 0 N–H and O–H groups in total. The summed E-state index contributed by atoms with van der Waals surface area (Å²) in [5.41, 5.74) is -0.636. The predicted octanol–water partition coefficient (Wildman–Crippen LogP) is 3.06. The summed E-state index contributed by atoms with van der Waals surface area (Å²) in [6, 6.07) is 7.70. The molecule has 4 aromatic rings. The van der Waals surface area contributed by atoms with Crippen LogP contribution in [-0.2, 0) is 17.5 Å². The first-order chi connectivity index (χ1) is 14.3. The number of nitrogens with zero attached hydrogens (tertiary/aromatic N) is 5. The molecule has 0 bridgehead atoms. The number of fused-ring (bicyclic) bond motifs is 2. The van der Waals surface area contributed by atoms with Crippen LogP contribution in [0, 0.1) is 0 Å². The van der Waals surface area contributed by atoms with Crippen molar-refractivity contribution in [2.75, 3.05) is 6.61 Å². The van der Waals surface area contributed by atoms with Crippen molar-refractivity contribution in [1.82, 2.24) is 24.6 Å². The lowest BCUT2D eigenvalue weighted by molar-refractivity contribution is -0.137. The van der Waals surface area contributed by atoms with Gasteiger partial charge in [0.1, 0.15) is 11.0 Å². The number of carbonyl (C=O) groups excluding carboxylic acids is 1. The highest BCUT2D eigenvalue weighted by Crippen LogP contribution is 2.30. The largest absolute Gasteiger partial charge is 0.462 e. The van der Waals surface area contributed by atoms with Gasteiger partial charge in [-0.2, -0.15) is 13.2 Å². The molecule has 0 aliphatic carbocycles. The quantitative estimate of drug-likeness (QED) is 0.351. The summed E-state index contributed by atoms with van der Waals surface area (Å²) in [6.45, 7) is 0.00775. The van der Waals surface area contributed by atoms with Gasteiger partial charge in [-0.25, -0.2) is 9.48 Å².